The normalized spacial score (nSPS) is 11.9. The number of hydrogen-bond acceptors (Lipinski definition) is 7. The van der Waals surface area contributed by atoms with Crippen LogP contribution in [0, 0.1) is 0 Å². The largest absolute Gasteiger partial charge is 0.496 e. The predicted octanol–water partition coefficient (Wildman–Crippen LogP) is 2.29. The molecule has 1 unspecified atom stereocenters. The maximum atomic E-state index is 12.3. The van der Waals surface area contributed by atoms with E-state index in [4.69, 9.17) is 9.15 Å². The average Bonchev–Trinajstić information content (AvgIpc) is 3.32. The van der Waals surface area contributed by atoms with Crippen LogP contribution < -0.4 is 10.1 Å². The lowest BCUT2D eigenvalue weighted by molar-refractivity contribution is -0.119. The van der Waals surface area contributed by atoms with E-state index < -0.39 is 0 Å². The minimum absolute atomic E-state index is 0.110. The van der Waals surface area contributed by atoms with Gasteiger partial charge in [-0.3, -0.25) is 4.79 Å². The lowest BCUT2D eigenvalue weighted by Crippen LogP contribution is -2.28. The van der Waals surface area contributed by atoms with Gasteiger partial charge < -0.3 is 14.5 Å². The Morgan fingerprint density at radius 1 is 1.35 bits per heavy atom. The van der Waals surface area contributed by atoms with Crippen molar-refractivity contribution in [2.24, 2.45) is 0 Å². The number of aromatic nitrogens is 4. The standard InChI is InChI=1S/C17H19N5O3S/c1-12(14-7-3-4-8-15(14)24-2)18-16(23)11-26-17-19-20-21-22(17)10-13-6-5-9-25-13/h3-9,12H,10-11H2,1-2H3,(H,18,23). The number of nitrogens with one attached hydrogen (secondary N) is 1. The maximum Gasteiger partial charge on any atom is 0.230 e. The molecule has 26 heavy (non-hydrogen) atoms. The Kier molecular flexibility index (Phi) is 5.90. The summed E-state index contributed by atoms with van der Waals surface area (Å²) in [7, 11) is 1.61. The number of carbonyl (C=O) groups excluding carboxylic acids is 1. The van der Waals surface area contributed by atoms with Crippen LogP contribution >= 0.6 is 11.8 Å². The number of benzene rings is 1. The van der Waals surface area contributed by atoms with Gasteiger partial charge in [0, 0.05) is 5.56 Å². The maximum absolute atomic E-state index is 12.3. The summed E-state index contributed by atoms with van der Waals surface area (Å²) >= 11 is 1.27. The molecule has 0 saturated carbocycles. The molecule has 1 aromatic carbocycles. The van der Waals surface area contributed by atoms with Gasteiger partial charge in [-0.25, -0.2) is 4.68 Å². The number of methoxy groups -OCH3 is 1. The molecule has 2 aromatic heterocycles. The Morgan fingerprint density at radius 2 is 2.19 bits per heavy atom. The number of amides is 1. The third-order valence-corrected chi connectivity index (χ3v) is 4.66. The zero-order valence-corrected chi connectivity index (χ0v) is 15.3. The second-order valence-corrected chi connectivity index (χ2v) is 6.46. The third kappa shape index (κ3) is 4.42. The van der Waals surface area contributed by atoms with Gasteiger partial charge in [0.2, 0.25) is 11.1 Å². The molecular weight excluding hydrogens is 354 g/mol. The van der Waals surface area contributed by atoms with Crippen LogP contribution in [0.4, 0.5) is 0 Å². The lowest BCUT2D eigenvalue weighted by Gasteiger charge is -2.17. The minimum atomic E-state index is -0.168. The number of carbonyl (C=O) groups is 1. The molecule has 2 heterocycles. The molecule has 136 valence electrons. The van der Waals surface area contributed by atoms with Crippen LogP contribution in [0.5, 0.6) is 5.75 Å². The van der Waals surface area contributed by atoms with Crippen molar-refractivity contribution in [3.05, 3.63) is 54.0 Å². The lowest BCUT2D eigenvalue weighted by atomic mass is 10.1. The Balaban J connectivity index is 1.55. The first-order valence-corrected chi connectivity index (χ1v) is 8.99. The monoisotopic (exact) mass is 373 g/mol. The van der Waals surface area contributed by atoms with Gasteiger partial charge in [0.25, 0.3) is 0 Å². The number of rotatable bonds is 8. The summed E-state index contributed by atoms with van der Waals surface area (Å²) in [6.07, 6.45) is 1.60. The molecule has 0 saturated heterocycles. The second-order valence-electron chi connectivity index (χ2n) is 5.52. The fourth-order valence-electron chi connectivity index (χ4n) is 2.46. The van der Waals surface area contributed by atoms with Crippen molar-refractivity contribution in [3.8, 4) is 5.75 Å². The smallest absolute Gasteiger partial charge is 0.230 e. The van der Waals surface area contributed by atoms with Crippen molar-refractivity contribution in [2.75, 3.05) is 12.9 Å². The van der Waals surface area contributed by atoms with Crippen molar-refractivity contribution in [3.63, 3.8) is 0 Å². The summed E-state index contributed by atoms with van der Waals surface area (Å²) in [4.78, 5) is 12.3. The predicted molar refractivity (Wildman–Crippen MR) is 95.9 cm³/mol. The molecule has 0 aliphatic carbocycles. The molecule has 1 atom stereocenters. The fraction of sp³-hybridized carbons (Fsp3) is 0.294. The number of tetrazole rings is 1. The third-order valence-electron chi connectivity index (χ3n) is 3.70. The van der Waals surface area contributed by atoms with Gasteiger partial charge in [-0.2, -0.15) is 0 Å². The molecule has 0 bridgehead atoms. The van der Waals surface area contributed by atoms with Crippen LogP contribution in [-0.2, 0) is 11.3 Å². The number of para-hydroxylation sites is 1. The van der Waals surface area contributed by atoms with Crippen molar-refractivity contribution in [1.82, 2.24) is 25.5 Å². The number of thioether (sulfide) groups is 1. The zero-order valence-electron chi connectivity index (χ0n) is 14.5. The van der Waals surface area contributed by atoms with E-state index in [9.17, 15) is 4.79 Å². The van der Waals surface area contributed by atoms with Crippen LogP contribution in [-0.4, -0.2) is 39.0 Å². The molecule has 0 aliphatic heterocycles. The van der Waals surface area contributed by atoms with Gasteiger partial charge in [0.05, 0.1) is 25.2 Å². The number of furan rings is 1. The Bertz CT molecular complexity index is 850. The van der Waals surface area contributed by atoms with E-state index >= 15 is 0 Å². The van der Waals surface area contributed by atoms with E-state index in [-0.39, 0.29) is 17.7 Å². The molecule has 0 fully saturated rings. The van der Waals surface area contributed by atoms with E-state index in [2.05, 4.69) is 20.8 Å². The fourth-order valence-corrected chi connectivity index (χ4v) is 3.15. The second kappa shape index (κ2) is 8.52. The molecule has 3 rings (SSSR count). The van der Waals surface area contributed by atoms with Crippen LogP contribution in [0.1, 0.15) is 24.3 Å². The minimum Gasteiger partial charge on any atom is -0.496 e. The SMILES string of the molecule is COc1ccccc1C(C)NC(=O)CSc1nnnn1Cc1ccco1. The summed E-state index contributed by atoms with van der Waals surface area (Å²) in [5.74, 6) is 1.59. The summed E-state index contributed by atoms with van der Waals surface area (Å²) in [5.41, 5.74) is 0.927. The highest BCUT2D eigenvalue weighted by Gasteiger charge is 2.15. The molecular formula is C17H19N5O3S. The summed E-state index contributed by atoms with van der Waals surface area (Å²) in [5, 5.41) is 15.1. The quantitative estimate of drug-likeness (QED) is 0.605. The van der Waals surface area contributed by atoms with Crippen molar-refractivity contribution < 1.29 is 13.9 Å². The van der Waals surface area contributed by atoms with Crippen molar-refractivity contribution in [2.45, 2.75) is 24.7 Å². The van der Waals surface area contributed by atoms with Crippen LogP contribution in [0.3, 0.4) is 0 Å². The molecule has 3 aromatic rings. The van der Waals surface area contributed by atoms with E-state index in [0.717, 1.165) is 17.1 Å². The first-order chi connectivity index (χ1) is 12.7. The van der Waals surface area contributed by atoms with Gasteiger partial charge >= 0.3 is 0 Å². The molecule has 1 N–H and O–H groups in total. The number of nitrogens with zero attached hydrogens (tertiary/aromatic N) is 4. The highest BCUT2D eigenvalue weighted by Crippen LogP contribution is 2.24. The summed E-state index contributed by atoms with van der Waals surface area (Å²) < 4.78 is 12.2. The van der Waals surface area contributed by atoms with Gasteiger partial charge in [0.1, 0.15) is 18.1 Å². The first kappa shape index (κ1) is 18.0. The molecule has 0 radical (unpaired) electrons. The molecule has 0 spiro atoms. The van der Waals surface area contributed by atoms with Crippen molar-refractivity contribution >= 4 is 17.7 Å². The zero-order chi connectivity index (χ0) is 18.4. The summed E-state index contributed by atoms with van der Waals surface area (Å²) in [6, 6.07) is 11.1. The Labute approximate surface area is 154 Å². The van der Waals surface area contributed by atoms with Gasteiger partial charge in [-0.15, -0.1) is 5.10 Å². The van der Waals surface area contributed by atoms with Gasteiger partial charge in [-0.05, 0) is 35.5 Å². The van der Waals surface area contributed by atoms with Gasteiger partial charge in [0.15, 0.2) is 0 Å². The first-order valence-electron chi connectivity index (χ1n) is 8.01. The van der Waals surface area contributed by atoms with Crippen LogP contribution in [0.2, 0.25) is 0 Å². The van der Waals surface area contributed by atoms with Crippen molar-refractivity contribution in [1.29, 1.82) is 0 Å². The Hall–Kier alpha value is -2.81. The molecule has 9 heteroatoms. The highest BCUT2D eigenvalue weighted by molar-refractivity contribution is 7.99. The van der Waals surface area contributed by atoms with E-state index in [1.54, 1.807) is 24.1 Å². The number of hydrogen-bond donors (Lipinski definition) is 1. The van der Waals surface area contributed by atoms with Crippen LogP contribution in [0.25, 0.3) is 0 Å². The topological polar surface area (TPSA) is 95.1 Å². The summed E-state index contributed by atoms with van der Waals surface area (Å²) in [6.45, 7) is 2.34. The van der Waals surface area contributed by atoms with Gasteiger partial charge in [-0.1, -0.05) is 30.0 Å². The van der Waals surface area contributed by atoms with E-state index in [1.807, 2.05) is 37.3 Å². The average molecular weight is 373 g/mol. The van der Waals surface area contributed by atoms with Crippen LogP contribution in [0.15, 0.2) is 52.2 Å². The molecule has 1 amide bonds. The highest BCUT2D eigenvalue weighted by atomic mass is 32.2. The molecule has 0 aliphatic rings. The number of ether oxygens (including phenoxy) is 1. The molecule has 8 nitrogen and oxygen atoms in total. The van der Waals surface area contributed by atoms with E-state index in [1.165, 1.54) is 11.8 Å². The Morgan fingerprint density at radius 3 is 2.96 bits per heavy atom. The van der Waals surface area contributed by atoms with E-state index in [0.29, 0.717) is 11.7 Å².